The van der Waals surface area contributed by atoms with Gasteiger partial charge in [-0.2, -0.15) is 4.99 Å². The van der Waals surface area contributed by atoms with Crippen LogP contribution >= 0.6 is 27.5 Å². The maximum atomic E-state index is 9.26. The van der Waals surface area contributed by atoms with Gasteiger partial charge in [-0.1, -0.05) is 6.58 Å². The SMILES string of the molecule is C=C/C(Br)=C(\N=C(/N)Cl)O[C@H](C)[C@@H](C)O. The first-order valence-corrected chi connectivity index (χ1v) is 5.42. The first-order chi connectivity index (χ1) is 6.88. The summed E-state index contributed by atoms with van der Waals surface area (Å²) in [4.78, 5) is 3.76. The highest BCUT2D eigenvalue weighted by Crippen LogP contribution is 2.18. The lowest BCUT2D eigenvalue weighted by atomic mass is 10.3. The number of aliphatic hydroxyl groups excluding tert-OH is 1. The van der Waals surface area contributed by atoms with Crippen molar-refractivity contribution in [2.75, 3.05) is 0 Å². The van der Waals surface area contributed by atoms with Crippen LogP contribution in [0.25, 0.3) is 0 Å². The molecular formula is C9H14BrClN2O2. The summed E-state index contributed by atoms with van der Waals surface area (Å²) < 4.78 is 5.85. The van der Waals surface area contributed by atoms with Crippen LogP contribution in [0.5, 0.6) is 0 Å². The maximum absolute atomic E-state index is 9.26. The first-order valence-electron chi connectivity index (χ1n) is 4.25. The van der Waals surface area contributed by atoms with Crippen LogP contribution in [0, 0.1) is 0 Å². The van der Waals surface area contributed by atoms with Gasteiger partial charge >= 0.3 is 0 Å². The summed E-state index contributed by atoms with van der Waals surface area (Å²) in [5.74, 6) is 0.186. The Morgan fingerprint density at radius 1 is 1.67 bits per heavy atom. The molecule has 0 saturated heterocycles. The molecule has 0 heterocycles. The van der Waals surface area contributed by atoms with Crippen LogP contribution in [-0.2, 0) is 4.74 Å². The van der Waals surface area contributed by atoms with E-state index in [9.17, 15) is 5.11 Å². The van der Waals surface area contributed by atoms with E-state index in [1.165, 1.54) is 6.08 Å². The van der Waals surface area contributed by atoms with Crippen LogP contribution < -0.4 is 5.73 Å². The standard InChI is InChI=1S/C9H14BrClN2O2/c1-4-7(10)8(13-9(11)12)15-6(3)5(2)14/h4-6,14H,1H2,2-3H3,(H2,12,13)/b8-7-/t5-,6-/m1/s1. The van der Waals surface area contributed by atoms with Crippen LogP contribution in [0.1, 0.15) is 13.8 Å². The molecule has 0 aromatic heterocycles. The summed E-state index contributed by atoms with van der Waals surface area (Å²) in [5, 5.41) is 9.11. The summed E-state index contributed by atoms with van der Waals surface area (Å²) in [5.41, 5.74) is 5.22. The molecule has 0 amide bonds. The van der Waals surface area contributed by atoms with Gasteiger partial charge in [0, 0.05) is 0 Å². The second kappa shape index (κ2) is 6.87. The molecule has 0 radical (unpaired) electrons. The predicted molar refractivity (Wildman–Crippen MR) is 65.9 cm³/mol. The third-order valence-corrected chi connectivity index (χ3v) is 2.32. The number of hydrogen-bond acceptors (Lipinski definition) is 3. The Balaban J connectivity index is 4.84. The molecule has 0 spiro atoms. The number of aliphatic imine (C=N–C) groups is 1. The zero-order valence-corrected chi connectivity index (χ0v) is 10.9. The molecule has 0 aromatic carbocycles. The van der Waals surface area contributed by atoms with Crippen molar-refractivity contribution in [1.82, 2.24) is 0 Å². The van der Waals surface area contributed by atoms with Gasteiger partial charge in [-0.15, -0.1) is 0 Å². The Morgan fingerprint density at radius 2 is 2.20 bits per heavy atom. The molecule has 0 aliphatic heterocycles. The molecule has 0 unspecified atom stereocenters. The first kappa shape index (κ1) is 14.5. The van der Waals surface area contributed by atoms with Crippen LogP contribution in [-0.4, -0.2) is 22.6 Å². The van der Waals surface area contributed by atoms with Gasteiger partial charge < -0.3 is 15.6 Å². The van der Waals surface area contributed by atoms with E-state index in [0.29, 0.717) is 4.48 Å². The summed E-state index contributed by atoms with van der Waals surface area (Å²) in [6.45, 7) is 6.85. The molecule has 0 rings (SSSR count). The maximum Gasteiger partial charge on any atom is 0.231 e. The molecule has 0 aromatic rings. The summed E-state index contributed by atoms with van der Waals surface area (Å²) in [6, 6.07) is 0. The second-order valence-corrected chi connectivity index (χ2v) is 4.10. The number of hydrogen-bond donors (Lipinski definition) is 2. The predicted octanol–water partition coefficient (Wildman–Crippen LogP) is 2.08. The van der Waals surface area contributed by atoms with Crippen LogP contribution in [0.2, 0.25) is 0 Å². The van der Waals surface area contributed by atoms with Crippen LogP contribution in [0.4, 0.5) is 0 Å². The molecule has 15 heavy (non-hydrogen) atoms. The van der Waals surface area contributed by atoms with Crippen molar-refractivity contribution in [3.63, 3.8) is 0 Å². The number of nitrogens with zero attached hydrogens (tertiary/aromatic N) is 1. The van der Waals surface area contributed by atoms with E-state index in [-0.39, 0.29) is 11.2 Å². The number of allylic oxidation sites excluding steroid dienone is 2. The Morgan fingerprint density at radius 3 is 2.53 bits per heavy atom. The number of aliphatic hydroxyl groups is 1. The fourth-order valence-corrected chi connectivity index (χ4v) is 0.854. The average Bonchev–Trinajstić information content (AvgIpc) is 2.14. The van der Waals surface area contributed by atoms with Crippen molar-refractivity contribution in [3.05, 3.63) is 23.0 Å². The summed E-state index contributed by atoms with van der Waals surface area (Å²) in [7, 11) is 0. The molecule has 3 N–H and O–H groups in total. The molecule has 0 fully saturated rings. The number of ether oxygens (including phenoxy) is 1. The highest BCUT2D eigenvalue weighted by molar-refractivity contribution is 9.11. The Bertz CT molecular complexity index is 286. The van der Waals surface area contributed by atoms with Gasteiger partial charge in [-0.05, 0) is 47.5 Å². The zero-order chi connectivity index (χ0) is 12.0. The monoisotopic (exact) mass is 296 g/mol. The summed E-state index contributed by atoms with van der Waals surface area (Å²) >= 11 is 8.62. The fraction of sp³-hybridized carbons (Fsp3) is 0.444. The third kappa shape index (κ3) is 5.81. The van der Waals surface area contributed by atoms with Crippen molar-refractivity contribution >= 4 is 32.8 Å². The highest BCUT2D eigenvalue weighted by Gasteiger charge is 2.13. The van der Waals surface area contributed by atoms with E-state index >= 15 is 0 Å². The van der Waals surface area contributed by atoms with E-state index in [1.807, 2.05) is 0 Å². The van der Waals surface area contributed by atoms with Crippen molar-refractivity contribution in [3.8, 4) is 0 Å². The number of nitrogens with two attached hydrogens (primary N) is 1. The number of amidine groups is 1. The molecule has 6 heteroatoms. The van der Waals surface area contributed by atoms with E-state index in [4.69, 9.17) is 22.1 Å². The Kier molecular flexibility index (Phi) is 6.63. The Hall–Kier alpha value is -0.520. The molecular weight excluding hydrogens is 283 g/mol. The smallest absolute Gasteiger partial charge is 0.231 e. The van der Waals surface area contributed by atoms with Gasteiger partial charge in [0.25, 0.3) is 0 Å². The van der Waals surface area contributed by atoms with Gasteiger partial charge in [0.05, 0.1) is 10.6 Å². The molecule has 2 atom stereocenters. The van der Waals surface area contributed by atoms with E-state index < -0.39 is 12.2 Å². The largest absolute Gasteiger partial charge is 0.471 e. The molecule has 4 nitrogen and oxygen atoms in total. The van der Waals surface area contributed by atoms with Gasteiger partial charge in [-0.25, -0.2) is 0 Å². The minimum absolute atomic E-state index is 0.151. The molecule has 0 bridgehead atoms. The summed E-state index contributed by atoms with van der Waals surface area (Å²) in [6.07, 6.45) is 0.442. The van der Waals surface area contributed by atoms with Crippen molar-refractivity contribution in [2.24, 2.45) is 10.7 Å². The molecule has 0 aliphatic carbocycles. The molecule has 0 aliphatic rings. The van der Waals surface area contributed by atoms with Crippen molar-refractivity contribution < 1.29 is 9.84 Å². The van der Waals surface area contributed by atoms with Crippen LogP contribution in [0.3, 0.4) is 0 Å². The van der Waals surface area contributed by atoms with Gasteiger partial charge in [0.15, 0.2) is 5.29 Å². The molecule has 86 valence electrons. The lowest BCUT2D eigenvalue weighted by molar-refractivity contribution is 0.0170. The van der Waals surface area contributed by atoms with Gasteiger partial charge in [0.2, 0.25) is 5.88 Å². The highest BCUT2D eigenvalue weighted by atomic mass is 79.9. The van der Waals surface area contributed by atoms with Crippen molar-refractivity contribution in [1.29, 1.82) is 0 Å². The molecule has 0 saturated carbocycles. The topological polar surface area (TPSA) is 67.8 Å². The number of rotatable bonds is 5. The van der Waals surface area contributed by atoms with E-state index in [0.717, 1.165) is 0 Å². The minimum atomic E-state index is -0.628. The Labute approximate surface area is 103 Å². The third-order valence-electron chi connectivity index (χ3n) is 1.57. The van der Waals surface area contributed by atoms with E-state index in [1.54, 1.807) is 13.8 Å². The minimum Gasteiger partial charge on any atom is -0.471 e. The van der Waals surface area contributed by atoms with Crippen molar-refractivity contribution in [2.45, 2.75) is 26.1 Å². The van der Waals surface area contributed by atoms with Gasteiger partial charge in [-0.3, -0.25) is 0 Å². The van der Waals surface area contributed by atoms with Gasteiger partial charge in [0.1, 0.15) is 6.10 Å². The quantitative estimate of drug-likeness (QED) is 0.268. The normalized spacial score (nSPS) is 17.8. The fourth-order valence-electron chi connectivity index (χ4n) is 0.595. The lowest BCUT2D eigenvalue weighted by Gasteiger charge is -2.17. The number of halogens is 2. The van der Waals surface area contributed by atoms with Crippen LogP contribution in [0.15, 0.2) is 28.0 Å². The van der Waals surface area contributed by atoms with E-state index in [2.05, 4.69) is 27.5 Å². The average molecular weight is 298 g/mol. The zero-order valence-electron chi connectivity index (χ0n) is 8.58. The second-order valence-electron chi connectivity index (χ2n) is 2.86. The lowest BCUT2D eigenvalue weighted by Crippen LogP contribution is -2.22.